The quantitative estimate of drug-likeness (QED) is 0.938. The molecular weight excluding hydrogens is 300 g/mol. The summed E-state index contributed by atoms with van der Waals surface area (Å²) in [5, 5.41) is 3.47. The lowest BCUT2D eigenvalue weighted by molar-refractivity contribution is -0.116. The van der Waals surface area contributed by atoms with Crippen molar-refractivity contribution in [1.82, 2.24) is 0 Å². The number of benzene rings is 2. The Morgan fingerprint density at radius 2 is 1.64 bits per heavy atom. The maximum atomic E-state index is 12.0. The Hall–Kier alpha value is -2.33. The van der Waals surface area contributed by atoms with Crippen molar-refractivity contribution < 1.29 is 9.59 Å². The Bertz CT molecular complexity index is 666. The van der Waals surface area contributed by atoms with E-state index in [9.17, 15) is 9.59 Å². The SMILES string of the molecule is CC(=O)N(C)c1ccc(NC(=O)Cc2ccc(Cl)cc2)cc1. The number of halogens is 1. The third kappa shape index (κ3) is 4.33. The van der Waals surface area contributed by atoms with Gasteiger partial charge in [0.15, 0.2) is 0 Å². The van der Waals surface area contributed by atoms with Crippen LogP contribution >= 0.6 is 11.6 Å². The molecule has 0 aliphatic rings. The van der Waals surface area contributed by atoms with Gasteiger partial charge in [0.2, 0.25) is 11.8 Å². The Morgan fingerprint density at radius 3 is 2.18 bits per heavy atom. The molecule has 22 heavy (non-hydrogen) atoms. The number of rotatable bonds is 4. The van der Waals surface area contributed by atoms with Crippen molar-refractivity contribution in [3.05, 3.63) is 59.1 Å². The minimum Gasteiger partial charge on any atom is -0.326 e. The van der Waals surface area contributed by atoms with Gasteiger partial charge in [0.1, 0.15) is 0 Å². The molecule has 4 nitrogen and oxygen atoms in total. The van der Waals surface area contributed by atoms with Crippen LogP contribution in [0.25, 0.3) is 0 Å². The van der Waals surface area contributed by atoms with E-state index in [0.717, 1.165) is 11.3 Å². The zero-order chi connectivity index (χ0) is 16.1. The van der Waals surface area contributed by atoms with E-state index in [1.807, 2.05) is 12.1 Å². The maximum Gasteiger partial charge on any atom is 0.228 e. The van der Waals surface area contributed by atoms with Crippen molar-refractivity contribution in [3.63, 3.8) is 0 Å². The fourth-order valence-electron chi connectivity index (χ4n) is 1.94. The summed E-state index contributed by atoms with van der Waals surface area (Å²) in [7, 11) is 1.70. The first-order valence-corrected chi connectivity index (χ1v) is 7.22. The molecule has 0 saturated carbocycles. The van der Waals surface area contributed by atoms with Crippen LogP contribution in [0, 0.1) is 0 Å². The summed E-state index contributed by atoms with van der Waals surface area (Å²) in [5.41, 5.74) is 2.37. The second kappa shape index (κ2) is 7.09. The molecule has 0 radical (unpaired) electrons. The zero-order valence-corrected chi connectivity index (χ0v) is 13.2. The van der Waals surface area contributed by atoms with Crippen LogP contribution < -0.4 is 10.2 Å². The molecule has 1 N–H and O–H groups in total. The highest BCUT2D eigenvalue weighted by atomic mass is 35.5. The Labute approximate surface area is 134 Å². The van der Waals surface area contributed by atoms with Crippen molar-refractivity contribution in [2.45, 2.75) is 13.3 Å². The molecule has 0 aliphatic heterocycles. The molecule has 0 heterocycles. The minimum atomic E-state index is -0.102. The molecule has 0 aliphatic carbocycles. The van der Waals surface area contributed by atoms with Gasteiger partial charge >= 0.3 is 0 Å². The highest BCUT2D eigenvalue weighted by Crippen LogP contribution is 2.17. The van der Waals surface area contributed by atoms with Crippen LogP contribution in [0.4, 0.5) is 11.4 Å². The van der Waals surface area contributed by atoms with E-state index < -0.39 is 0 Å². The van der Waals surface area contributed by atoms with Crippen molar-refractivity contribution in [2.75, 3.05) is 17.3 Å². The molecule has 0 saturated heterocycles. The van der Waals surface area contributed by atoms with Crippen LogP contribution in [0.15, 0.2) is 48.5 Å². The second-order valence-electron chi connectivity index (χ2n) is 4.98. The first kappa shape index (κ1) is 16.0. The van der Waals surface area contributed by atoms with E-state index in [0.29, 0.717) is 10.7 Å². The van der Waals surface area contributed by atoms with E-state index >= 15 is 0 Å². The third-order valence-corrected chi connectivity index (χ3v) is 3.54. The summed E-state index contributed by atoms with van der Waals surface area (Å²) in [6.07, 6.45) is 0.284. The van der Waals surface area contributed by atoms with Gasteiger partial charge in [-0.05, 0) is 42.0 Å². The second-order valence-corrected chi connectivity index (χ2v) is 5.41. The standard InChI is InChI=1S/C17H17ClN2O2/c1-12(21)20(2)16-9-7-15(8-10-16)19-17(22)11-13-3-5-14(18)6-4-13/h3-10H,11H2,1-2H3,(H,19,22). The van der Waals surface area contributed by atoms with Gasteiger partial charge in [-0.1, -0.05) is 23.7 Å². The number of amides is 2. The van der Waals surface area contributed by atoms with Crippen LogP contribution in [0.5, 0.6) is 0 Å². The van der Waals surface area contributed by atoms with E-state index in [1.165, 1.54) is 6.92 Å². The Kier molecular flexibility index (Phi) is 5.17. The van der Waals surface area contributed by atoms with Gasteiger partial charge in [-0.2, -0.15) is 0 Å². The summed E-state index contributed by atoms with van der Waals surface area (Å²) in [4.78, 5) is 24.8. The van der Waals surface area contributed by atoms with Gasteiger partial charge in [0.05, 0.1) is 6.42 Å². The monoisotopic (exact) mass is 316 g/mol. The van der Waals surface area contributed by atoms with Crippen LogP contribution in [-0.4, -0.2) is 18.9 Å². The van der Waals surface area contributed by atoms with Crippen molar-refractivity contribution in [1.29, 1.82) is 0 Å². The van der Waals surface area contributed by atoms with Gasteiger partial charge in [0.25, 0.3) is 0 Å². The van der Waals surface area contributed by atoms with Crippen molar-refractivity contribution >= 4 is 34.8 Å². The zero-order valence-electron chi connectivity index (χ0n) is 12.5. The molecule has 5 heteroatoms. The van der Waals surface area contributed by atoms with Crippen LogP contribution in [0.1, 0.15) is 12.5 Å². The van der Waals surface area contributed by atoms with Gasteiger partial charge in [-0.3, -0.25) is 9.59 Å². The normalized spacial score (nSPS) is 10.1. The first-order chi connectivity index (χ1) is 10.5. The summed E-state index contributed by atoms with van der Waals surface area (Å²) in [6.45, 7) is 1.50. The predicted molar refractivity (Wildman–Crippen MR) is 89.3 cm³/mol. The lowest BCUT2D eigenvalue weighted by atomic mass is 10.1. The maximum absolute atomic E-state index is 12.0. The number of hydrogen-bond donors (Lipinski definition) is 1. The molecule has 0 fully saturated rings. The number of carbonyl (C=O) groups is 2. The summed E-state index contributed by atoms with van der Waals surface area (Å²) in [6, 6.07) is 14.3. The Balaban J connectivity index is 1.97. The number of hydrogen-bond acceptors (Lipinski definition) is 2. The Morgan fingerprint density at radius 1 is 1.05 bits per heavy atom. The first-order valence-electron chi connectivity index (χ1n) is 6.84. The molecule has 0 spiro atoms. The van der Waals surface area contributed by atoms with Crippen molar-refractivity contribution in [2.24, 2.45) is 0 Å². The van der Waals surface area contributed by atoms with Crippen molar-refractivity contribution in [3.8, 4) is 0 Å². The number of nitrogens with zero attached hydrogens (tertiary/aromatic N) is 1. The van der Waals surface area contributed by atoms with Gasteiger partial charge < -0.3 is 10.2 Å². The molecule has 114 valence electrons. The molecule has 2 aromatic rings. The molecule has 2 aromatic carbocycles. The van der Waals surface area contributed by atoms with Gasteiger partial charge in [-0.25, -0.2) is 0 Å². The van der Waals surface area contributed by atoms with E-state index in [-0.39, 0.29) is 18.2 Å². The van der Waals surface area contributed by atoms with Crippen LogP contribution in [0.3, 0.4) is 0 Å². The molecule has 2 amide bonds. The minimum absolute atomic E-state index is 0.0421. The lowest BCUT2D eigenvalue weighted by Gasteiger charge is -2.15. The molecule has 2 rings (SSSR count). The summed E-state index contributed by atoms with van der Waals surface area (Å²) < 4.78 is 0. The summed E-state index contributed by atoms with van der Waals surface area (Å²) >= 11 is 5.81. The van der Waals surface area contributed by atoms with Gasteiger partial charge in [0, 0.05) is 30.4 Å². The number of nitrogens with one attached hydrogen (secondary N) is 1. The number of anilines is 2. The van der Waals surface area contributed by atoms with Gasteiger partial charge in [-0.15, -0.1) is 0 Å². The van der Waals surface area contributed by atoms with Crippen LogP contribution in [0.2, 0.25) is 5.02 Å². The third-order valence-electron chi connectivity index (χ3n) is 3.29. The molecule has 0 atom stereocenters. The topological polar surface area (TPSA) is 49.4 Å². The highest BCUT2D eigenvalue weighted by Gasteiger charge is 2.07. The smallest absolute Gasteiger partial charge is 0.228 e. The number of carbonyl (C=O) groups excluding carboxylic acids is 2. The predicted octanol–water partition coefficient (Wildman–Crippen LogP) is 3.50. The molecule has 0 bridgehead atoms. The highest BCUT2D eigenvalue weighted by molar-refractivity contribution is 6.30. The average Bonchev–Trinajstić information content (AvgIpc) is 2.49. The van der Waals surface area contributed by atoms with E-state index in [1.54, 1.807) is 48.3 Å². The summed E-state index contributed by atoms with van der Waals surface area (Å²) in [5.74, 6) is -0.144. The molecular formula is C17H17ClN2O2. The van der Waals surface area contributed by atoms with E-state index in [2.05, 4.69) is 5.32 Å². The lowest BCUT2D eigenvalue weighted by Crippen LogP contribution is -2.22. The average molecular weight is 317 g/mol. The van der Waals surface area contributed by atoms with Crippen LogP contribution in [-0.2, 0) is 16.0 Å². The fourth-order valence-corrected chi connectivity index (χ4v) is 2.07. The fraction of sp³-hybridized carbons (Fsp3) is 0.176. The molecule has 0 aromatic heterocycles. The van der Waals surface area contributed by atoms with E-state index in [4.69, 9.17) is 11.6 Å². The molecule has 0 unspecified atom stereocenters. The largest absolute Gasteiger partial charge is 0.326 e.